The lowest BCUT2D eigenvalue weighted by molar-refractivity contribution is 1.43. The largest absolute Gasteiger partial charge is 0.142 e. The van der Waals surface area contributed by atoms with E-state index >= 15 is 0 Å². The summed E-state index contributed by atoms with van der Waals surface area (Å²) in [6.45, 7) is 0. The van der Waals surface area contributed by atoms with Crippen molar-refractivity contribution in [3.8, 4) is 0 Å². The highest BCUT2D eigenvalue weighted by Gasteiger charge is 2.02. The van der Waals surface area contributed by atoms with Crippen LogP contribution in [0.4, 0.5) is 0 Å². The molecule has 0 nitrogen and oxygen atoms in total. The van der Waals surface area contributed by atoms with Gasteiger partial charge in [-0.25, -0.2) is 0 Å². The zero-order valence-electron chi connectivity index (χ0n) is 8.05. The Bertz CT molecular complexity index is 417. The topological polar surface area (TPSA) is 0 Å². The maximum atomic E-state index is 5.35. The fourth-order valence-electron chi connectivity index (χ4n) is 1.19. The molecule has 1 aromatic heterocycles. The minimum absolute atomic E-state index is 0.956. The van der Waals surface area contributed by atoms with E-state index in [0.717, 1.165) is 9.95 Å². The Kier molecular flexibility index (Phi) is 3.94. The highest BCUT2D eigenvalue weighted by Crippen LogP contribution is 2.21. The predicted octanol–water partition coefficient (Wildman–Crippen LogP) is 4.36. The lowest BCUT2D eigenvalue weighted by Gasteiger charge is -2.01. The van der Waals surface area contributed by atoms with Gasteiger partial charge in [-0.05, 0) is 17.0 Å². The average Bonchev–Trinajstić information content (AvgIpc) is 2.81. The van der Waals surface area contributed by atoms with Crippen LogP contribution >= 0.6 is 35.3 Å². The lowest BCUT2D eigenvalue weighted by atomic mass is 10.2. The molecule has 3 heteroatoms. The number of thioether (sulfide) groups is 1. The van der Waals surface area contributed by atoms with Crippen LogP contribution < -0.4 is 0 Å². The maximum absolute atomic E-state index is 5.35. The molecule has 0 aliphatic carbocycles. The normalized spacial score (nSPS) is 10.1. The van der Waals surface area contributed by atoms with Gasteiger partial charge in [-0.15, -0.1) is 23.1 Å². The van der Waals surface area contributed by atoms with E-state index in [0.29, 0.717) is 0 Å². The van der Waals surface area contributed by atoms with Gasteiger partial charge < -0.3 is 0 Å². The lowest BCUT2D eigenvalue weighted by Crippen LogP contribution is -1.88. The first kappa shape index (κ1) is 10.9. The first-order valence-corrected chi connectivity index (χ1v) is 6.88. The summed E-state index contributed by atoms with van der Waals surface area (Å²) in [5.74, 6) is 0.956. The molecule has 0 fully saturated rings. The molecule has 2 rings (SSSR count). The molecule has 0 aliphatic heterocycles. The Hall–Kier alpha value is -0.640. The van der Waals surface area contributed by atoms with Crippen molar-refractivity contribution in [3.63, 3.8) is 0 Å². The SMILES string of the molecule is S=C(SCc1ccccc1)c1cccs1. The maximum Gasteiger partial charge on any atom is 0.0881 e. The van der Waals surface area contributed by atoms with Gasteiger partial charge in [-0.2, -0.15) is 0 Å². The molecule has 0 saturated carbocycles. The van der Waals surface area contributed by atoms with Gasteiger partial charge >= 0.3 is 0 Å². The van der Waals surface area contributed by atoms with E-state index in [2.05, 4.69) is 35.7 Å². The first-order valence-electron chi connectivity index (χ1n) is 4.61. The van der Waals surface area contributed by atoms with Crippen LogP contribution in [0.5, 0.6) is 0 Å². The zero-order valence-corrected chi connectivity index (χ0v) is 10.5. The zero-order chi connectivity index (χ0) is 10.5. The molecule has 0 bridgehead atoms. The van der Waals surface area contributed by atoms with Crippen LogP contribution in [-0.2, 0) is 5.75 Å². The molecule has 1 heterocycles. The summed E-state index contributed by atoms with van der Waals surface area (Å²) in [5.41, 5.74) is 1.32. The number of thiophene rings is 1. The summed E-state index contributed by atoms with van der Waals surface area (Å²) in [4.78, 5) is 1.20. The molecule has 0 aliphatic rings. The van der Waals surface area contributed by atoms with Gasteiger partial charge in [0.15, 0.2) is 0 Å². The standard InChI is InChI=1S/C12H10S3/c13-12(11-7-4-8-14-11)15-9-10-5-2-1-3-6-10/h1-8H,9H2. The molecular weight excluding hydrogens is 240 g/mol. The fraction of sp³-hybridized carbons (Fsp3) is 0.0833. The van der Waals surface area contributed by atoms with Crippen molar-refractivity contribution in [2.75, 3.05) is 0 Å². The van der Waals surface area contributed by atoms with E-state index in [9.17, 15) is 0 Å². The Balaban J connectivity index is 1.92. The molecule has 0 unspecified atom stereocenters. The third-order valence-electron chi connectivity index (χ3n) is 1.94. The van der Waals surface area contributed by atoms with E-state index in [1.807, 2.05) is 12.1 Å². The van der Waals surface area contributed by atoms with Crippen molar-refractivity contribution in [3.05, 3.63) is 58.3 Å². The van der Waals surface area contributed by atoms with Crippen LogP contribution in [0.1, 0.15) is 10.4 Å². The van der Waals surface area contributed by atoms with Crippen LogP contribution in [0.15, 0.2) is 47.8 Å². The highest BCUT2D eigenvalue weighted by atomic mass is 32.2. The quantitative estimate of drug-likeness (QED) is 0.742. The van der Waals surface area contributed by atoms with Crippen molar-refractivity contribution < 1.29 is 0 Å². The van der Waals surface area contributed by atoms with E-state index in [1.54, 1.807) is 23.1 Å². The van der Waals surface area contributed by atoms with Gasteiger partial charge in [-0.3, -0.25) is 0 Å². The molecule has 0 saturated heterocycles. The van der Waals surface area contributed by atoms with Crippen LogP contribution in [0, 0.1) is 0 Å². The first-order chi connectivity index (χ1) is 7.36. The second-order valence-electron chi connectivity index (χ2n) is 3.04. The van der Waals surface area contributed by atoms with Crippen LogP contribution in [0.2, 0.25) is 0 Å². The summed E-state index contributed by atoms with van der Waals surface area (Å²) in [5, 5.41) is 2.06. The number of thiocarbonyl (C=S) groups is 1. The van der Waals surface area contributed by atoms with Gasteiger partial charge in [-0.1, -0.05) is 48.6 Å². The van der Waals surface area contributed by atoms with E-state index in [-0.39, 0.29) is 0 Å². The summed E-state index contributed by atoms with van der Waals surface area (Å²) in [7, 11) is 0. The van der Waals surface area contributed by atoms with Crippen LogP contribution in [-0.4, -0.2) is 4.20 Å². The third kappa shape index (κ3) is 3.16. The fourth-order valence-corrected chi connectivity index (χ4v) is 3.16. The number of rotatable bonds is 3. The second-order valence-corrected chi connectivity index (χ2v) is 5.64. The molecule has 0 amide bonds. The summed E-state index contributed by atoms with van der Waals surface area (Å²) in [6.07, 6.45) is 0. The Morgan fingerprint density at radius 1 is 1.13 bits per heavy atom. The Morgan fingerprint density at radius 2 is 1.93 bits per heavy atom. The Labute approximate surface area is 103 Å². The van der Waals surface area contributed by atoms with Crippen molar-refractivity contribution in [1.29, 1.82) is 0 Å². The van der Waals surface area contributed by atoms with Crippen molar-refractivity contribution in [2.45, 2.75) is 5.75 Å². The van der Waals surface area contributed by atoms with Crippen molar-refractivity contribution in [2.24, 2.45) is 0 Å². The number of hydrogen-bond acceptors (Lipinski definition) is 3. The minimum atomic E-state index is 0.956. The van der Waals surface area contributed by atoms with Gasteiger partial charge in [0, 0.05) is 5.75 Å². The Morgan fingerprint density at radius 3 is 2.60 bits per heavy atom. The van der Waals surface area contributed by atoms with Gasteiger partial charge in [0.1, 0.15) is 0 Å². The van der Waals surface area contributed by atoms with E-state index in [4.69, 9.17) is 12.2 Å². The van der Waals surface area contributed by atoms with E-state index in [1.165, 1.54) is 10.4 Å². The average molecular weight is 250 g/mol. The van der Waals surface area contributed by atoms with Gasteiger partial charge in [0.05, 0.1) is 9.07 Å². The van der Waals surface area contributed by atoms with E-state index < -0.39 is 0 Å². The second kappa shape index (κ2) is 5.45. The monoisotopic (exact) mass is 250 g/mol. The number of benzene rings is 1. The molecule has 0 N–H and O–H groups in total. The molecule has 76 valence electrons. The molecule has 0 atom stereocenters. The predicted molar refractivity (Wildman–Crippen MR) is 73.8 cm³/mol. The number of hydrogen-bond donors (Lipinski definition) is 0. The smallest absolute Gasteiger partial charge is 0.0881 e. The van der Waals surface area contributed by atoms with Crippen LogP contribution in [0.25, 0.3) is 0 Å². The van der Waals surface area contributed by atoms with Gasteiger partial charge in [0.25, 0.3) is 0 Å². The minimum Gasteiger partial charge on any atom is -0.142 e. The highest BCUT2D eigenvalue weighted by molar-refractivity contribution is 8.23. The van der Waals surface area contributed by atoms with Crippen molar-refractivity contribution >= 4 is 39.5 Å². The summed E-state index contributed by atoms with van der Waals surface area (Å²) in [6, 6.07) is 14.5. The molecule has 0 spiro atoms. The van der Waals surface area contributed by atoms with Crippen molar-refractivity contribution in [1.82, 2.24) is 0 Å². The summed E-state index contributed by atoms with van der Waals surface area (Å²) >= 11 is 8.78. The molecular formula is C12H10S3. The summed E-state index contributed by atoms with van der Waals surface area (Å²) < 4.78 is 0.994. The third-order valence-corrected chi connectivity index (χ3v) is 4.61. The molecule has 2 aromatic rings. The molecule has 0 radical (unpaired) electrons. The molecule has 15 heavy (non-hydrogen) atoms. The van der Waals surface area contributed by atoms with Crippen LogP contribution in [0.3, 0.4) is 0 Å². The molecule has 1 aromatic carbocycles. The van der Waals surface area contributed by atoms with Gasteiger partial charge in [0.2, 0.25) is 0 Å².